The lowest BCUT2D eigenvalue weighted by Gasteiger charge is -2.21. The number of aliphatic hydroxyl groups excluding tert-OH is 1. The zero-order valence-corrected chi connectivity index (χ0v) is 71.3. The third-order valence-corrected chi connectivity index (χ3v) is 18.9. The van der Waals surface area contributed by atoms with Gasteiger partial charge < -0.3 is 33.8 Å². The molecule has 112 heavy (non-hydrogen) atoms. The van der Waals surface area contributed by atoms with Gasteiger partial charge in [0.1, 0.15) is 19.3 Å². The van der Waals surface area contributed by atoms with E-state index in [0.717, 1.165) is 154 Å². The fraction of sp³-hybridized carbons (Fsp3) is 0.613. The summed E-state index contributed by atoms with van der Waals surface area (Å²) in [5.74, 6) is -2.43. The molecule has 0 heterocycles. The van der Waals surface area contributed by atoms with Gasteiger partial charge in [-0.15, -0.1) is 0 Å². The van der Waals surface area contributed by atoms with Crippen molar-refractivity contribution in [3.05, 3.63) is 194 Å². The summed E-state index contributed by atoms with van der Waals surface area (Å²) in [7, 11) is -10.0. The number of unbranched alkanes of at least 4 members (excludes halogenated alkanes) is 20. The third kappa shape index (κ3) is 81.9. The highest BCUT2D eigenvalue weighted by Gasteiger charge is 2.30. The molecule has 5 atom stereocenters. The molecule has 0 aliphatic heterocycles. The van der Waals surface area contributed by atoms with Gasteiger partial charge in [0.25, 0.3) is 0 Å². The maximum absolute atomic E-state index is 13.1. The van der Waals surface area contributed by atoms with E-state index in [-0.39, 0.29) is 25.7 Å². The Balaban J connectivity index is 5.58. The zero-order valence-electron chi connectivity index (χ0n) is 69.5. The maximum atomic E-state index is 13.1. The van der Waals surface area contributed by atoms with Crippen molar-refractivity contribution in [2.75, 3.05) is 39.6 Å². The van der Waals surface area contributed by atoms with E-state index in [4.69, 9.17) is 37.0 Å². The molecular weight excluding hydrogens is 1450 g/mol. The van der Waals surface area contributed by atoms with Crippen molar-refractivity contribution in [2.24, 2.45) is 0 Å². The fourth-order valence-corrected chi connectivity index (χ4v) is 12.1. The van der Waals surface area contributed by atoms with Crippen LogP contribution >= 0.6 is 15.6 Å². The monoisotopic (exact) mass is 1600 g/mol. The number of carbonyl (C=O) groups is 4. The lowest BCUT2D eigenvalue weighted by atomic mass is 10.1. The van der Waals surface area contributed by atoms with Gasteiger partial charge in [0.05, 0.1) is 26.4 Å². The summed E-state index contributed by atoms with van der Waals surface area (Å²) in [5, 5.41) is 10.7. The Labute approximate surface area is 678 Å². The molecule has 0 aromatic rings. The SMILES string of the molecule is CC/C=C\C/C=C\C/C=C\C/C=C\C/C=C\CCCCCC(=O)O[C@H](COC(=O)CCCCCCCCC/C=C\CCCCCC)COP(=O)(O)OC[C@H](O)COP(=O)(O)OC[C@@H](COC(=O)CC/C=C\C/C=C\C/C=C\C/C=C\C/C=C\CCCCC)OC(=O)CC/C=C\C/C=C\C/C=C\C/C=C\C/C=C\CCCCC. The van der Waals surface area contributed by atoms with E-state index in [0.29, 0.717) is 38.5 Å². The third-order valence-electron chi connectivity index (χ3n) is 17.0. The van der Waals surface area contributed by atoms with E-state index >= 15 is 0 Å². The molecule has 19 heteroatoms. The minimum atomic E-state index is -5.03. The van der Waals surface area contributed by atoms with Crippen LogP contribution in [0.15, 0.2) is 194 Å². The maximum Gasteiger partial charge on any atom is 0.472 e. The predicted octanol–water partition coefficient (Wildman–Crippen LogP) is 25.7. The van der Waals surface area contributed by atoms with E-state index in [9.17, 15) is 43.2 Å². The summed E-state index contributed by atoms with van der Waals surface area (Å²) in [6, 6.07) is 0. The Bertz CT molecular complexity index is 2890. The number of rotatable bonds is 78. The van der Waals surface area contributed by atoms with Gasteiger partial charge >= 0.3 is 39.5 Å². The first-order chi connectivity index (χ1) is 54.7. The molecule has 0 fully saturated rings. The first-order valence-electron chi connectivity index (χ1n) is 42.7. The van der Waals surface area contributed by atoms with Crippen LogP contribution in [0.1, 0.15) is 310 Å². The van der Waals surface area contributed by atoms with E-state index < -0.39 is 97.5 Å². The summed E-state index contributed by atoms with van der Waals surface area (Å²) in [6.07, 6.45) is 103. The standard InChI is InChI=1S/C93H150O17P2/c1-5-9-13-17-21-25-29-33-37-40-43-46-50-54-58-62-66-70-74-78-91(96)104-84-89(110-93(98)80-76-72-68-64-60-56-52-48-45-42-39-35-31-27-23-19-15-11-7-3)86-108-112(101,102)106-82-87(94)81-105-111(99,100)107-85-88(83-103-90(95)77-73-69-65-61-57-53-49-36-32-28-24-20-16-12-8-4)109-92(97)79-75-71-67-63-59-55-51-47-44-41-38-34-30-26-22-18-14-10-6-2/h10,14,21-23,25-28,32-35,37-39,43-48,54-56,58-60,66,68,70,72,87-89,94H,5-9,11-13,15-20,24,29-31,36,40-42,49-53,57,61-65,67,69,71,73-86H2,1-4H3,(H,99,100)(H,101,102)/b14-10-,25-21-,26-22-,27-23-,32-28-,37-33-,38-34-,39-35-,46-43-,47-44-,48-45-,58-54-,59-55-,60-56-,70-66-,72-68-/t87-,88+,89+/m0/s1. The summed E-state index contributed by atoms with van der Waals surface area (Å²) in [5.41, 5.74) is 0. The van der Waals surface area contributed by atoms with Gasteiger partial charge in [-0.1, -0.05) is 306 Å². The van der Waals surface area contributed by atoms with Crippen LogP contribution in [0.4, 0.5) is 0 Å². The molecule has 0 aromatic heterocycles. The number of aliphatic hydroxyl groups is 1. The van der Waals surface area contributed by atoms with E-state index in [1.54, 1.807) is 0 Å². The van der Waals surface area contributed by atoms with Gasteiger partial charge in [0, 0.05) is 25.7 Å². The Morgan fingerprint density at radius 2 is 0.482 bits per heavy atom. The molecule has 0 aliphatic rings. The Hall–Kier alpha value is -6.10. The molecule has 0 rings (SSSR count). The fourth-order valence-electron chi connectivity index (χ4n) is 10.6. The molecule has 0 amide bonds. The lowest BCUT2D eigenvalue weighted by molar-refractivity contribution is -0.161. The Morgan fingerprint density at radius 1 is 0.259 bits per heavy atom. The molecule has 2 unspecified atom stereocenters. The molecule has 0 saturated heterocycles. The van der Waals surface area contributed by atoms with Crippen LogP contribution in [-0.4, -0.2) is 96.7 Å². The van der Waals surface area contributed by atoms with Crippen molar-refractivity contribution in [3.63, 3.8) is 0 Å². The van der Waals surface area contributed by atoms with Crippen molar-refractivity contribution in [3.8, 4) is 0 Å². The van der Waals surface area contributed by atoms with Crippen LogP contribution in [0.2, 0.25) is 0 Å². The topological polar surface area (TPSA) is 237 Å². The van der Waals surface area contributed by atoms with Gasteiger partial charge in [0.15, 0.2) is 12.2 Å². The zero-order chi connectivity index (χ0) is 81.7. The first-order valence-corrected chi connectivity index (χ1v) is 45.7. The largest absolute Gasteiger partial charge is 0.472 e. The Morgan fingerprint density at radius 3 is 0.821 bits per heavy atom. The van der Waals surface area contributed by atoms with Gasteiger partial charge in [0.2, 0.25) is 0 Å². The van der Waals surface area contributed by atoms with Crippen LogP contribution in [0.3, 0.4) is 0 Å². The second-order valence-corrected chi connectivity index (χ2v) is 30.6. The van der Waals surface area contributed by atoms with Crippen LogP contribution in [-0.2, 0) is 65.4 Å². The predicted molar refractivity (Wildman–Crippen MR) is 463 cm³/mol. The quantitative estimate of drug-likeness (QED) is 0.0169. The highest BCUT2D eigenvalue weighted by atomic mass is 31.2. The Kier molecular flexibility index (Phi) is 78.4. The number of phosphoric acid groups is 2. The highest BCUT2D eigenvalue weighted by molar-refractivity contribution is 7.47. The average Bonchev–Trinajstić information content (AvgIpc) is 0.897. The number of esters is 4. The molecule has 0 radical (unpaired) electrons. The summed E-state index contributed by atoms with van der Waals surface area (Å²) >= 11 is 0. The normalized spacial score (nSPS) is 14.7. The number of phosphoric ester groups is 2. The van der Waals surface area contributed by atoms with Crippen LogP contribution in [0.25, 0.3) is 0 Å². The minimum absolute atomic E-state index is 0.0145. The molecule has 0 aliphatic carbocycles. The average molecular weight is 1600 g/mol. The summed E-state index contributed by atoms with van der Waals surface area (Å²) < 4.78 is 68.6. The summed E-state index contributed by atoms with van der Waals surface area (Å²) in [6.45, 7) is 4.48. The smallest absolute Gasteiger partial charge is 0.462 e. The number of hydrogen-bond donors (Lipinski definition) is 3. The van der Waals surface area contributed by atoms with Gasteiger partial charge in [-0.05, 0) is 173 Å². The summed E-state index contributed by atoms with van der Waals surface area (Å²) in [4.78, 5) is 73.2. The van der Waals surface area contributed by atoms with Crippen LogP contribution < -0.4 is 0 Å². The van der Waals surface area contributed by atoms with E-state index in [1.165, 1.54) is 64.2 Å². The second kappa shape index (κ2) is 82.9. The minimum Gasteiger partial charge on any atom is -0.462 e. The van der Waals surface area contributed by atoms with E-state index in [1.807, 2.05) is 36.5 Å². The van der Waals surface area contributed by atoms with Gasteiger partial charge in [-0.2, -0.15) is 0 Å². The first kappa shape index (κ1) is 106. The number of carbonyl (C=O) groups excluding carboxylic acids is 4. The van der Waals surface area contributed by atoms with Crippen molar-refractivity contribution < 1.29 is 80.2 Å². The number of hydrogen-bond acceptors (Lipinski definition) is 15. The van der Waals surface area contributed by atoms with Crippen molar-refractivity contribution >= 4 is 39.5 Å². The van der Waals surface area contributed by atoms with Crippen molar-refractivity contribution in [1.29, 1.82) is 0 Å². The second-order valence-electron chi connectivity index (χ2n) is 27.7. The molecule has 0 saturated carbocycles. The number of ether oxygens (including phenoxy) is 4. The number of allylic oxidation sites excluding steroid dienone is 32. The molecule has 0 bridgehead atoms. The van der Waals surface area contributed by atoms with Gasteiger partial charge in [-0.25, -0.2) is 9.13 Å². The van der Waals surface area contributed by atoms with Crippen LogP contribution in [0, 0.1) is 0 Å². The van der Waals surface area contributed by atoms with Crippen molar-refractivity contribution in [2.45, 2.75) is 329 Å². The van der Waals surface area contributed by atoms with Crippen LogP contribution in [0.5, 0.6) is 0 Å². The van der Waals surface area contributed by atoms with Crippen molar-refractivity contribution in [1.82, 2.24) is 0 Å². The van der Waals surface area contributed by atoms with Gasteiger partial charge in [-0.3, -0.25) is 37.3 Å². The molecule has 634 valence electrons. The van der Waals surface area contributed by atoms with E-state index in [2.05, 4.69) is 186 Å². The molecular formula is C93H150O17P2. The molecule has 3 N–H and O–H groups in total. The lowest BCUT2D eigenvalue weighted by Crippen LogP contribution is -2.30. The molecule has 17 nitrogen and oxygen atoms in total. The molecule has 0 aromatic carbocycles. The highest BCUT2D eigenvalue weighted by Crippen LogP contribution is 2.45. The molecule has 0 spiro atoms.